The van der Waals surface area contributed by atoms with Gasteiger partial charge in [-0.1, -0.05) is 12.1 Å². The standard InChI is InChI=1S/C16H20N2O2/c1-10-5-6-13-11(2)15(18-14(13)8-10)16(19)17-9-12-4-3-7-20-12/h5-6,8,12,18H,3-4,7,9H2,1-2H3,(H,17,19). The van der Waals surface area contributed by atoms with E-state index in [-0.39, 0.29) is 12.0 Å². The monoisotopic (exact) mass is 272 g/mol. The van der Waals surface area contributed by atoms with Crippen molar-refractivity contribution in [1.29, 1.82) is 0 Å². The summed E-state index contributed by atoms with van der Waals surface area (Å²) >= 11 is 0. The Balaban J connectivity index is 1.78. The van der Waals surface area contributed by atoms with Gasteiger partial charge in [0, 0.05) is 24.1 Å². The smallest absolute Gasteiger partial charge is 0.268 e. The third-order valence-corrected chi connectivity index (χ3v) is 3.96. The molecule has 0 saturated carbocycles. The number of aromatic nitrogens is 1. The largest absolute Gasteiger partial charge is 0.376 e. The predicted octanol–water partition coefficient (Wildman–Crippen LogP) is 2.69. The minimum absolute atomic E-state index is 0.0492. The van der Waals surface area contributed by atoms with Gasteiger partial charge in [0.2, 0.25) is 0 Å². The molecule has 2 N–H and O–H groups in total. The van der Waals surface area contributed by atoms with Crippen LogP contribution >= 0.6 is 0 Å². The van der Waals surface area contributed by atoms with Gasteiger partial charge >= 0.3 is 0 Å². The van der Waals surface area contributed by atoms with Crippen molar-refractivity contribution in [3.63, 3.8) is 0 Å². The molecule has 3 rings (SSSR count). The molecule has 2 aromatic rings. The Morgan fingerprint density at radius 2 is 2.30 bits per heavy atom. The van der Waals surface area contributed by atoms with Gasteiger partial charge in [0.15, 0.2) is 0 Å². The molecule has 1 aliphatic rings. The number of amides is 1. The van der Waals surface area contributed by atoms with E-state index in [0.29, 0.717) is 12.2 Å². The number of aromatic amines is 1. The second kappa shape index (κ2) is 5.29. The first kappa shape index (κ1) is 13.2. The van der Waals surface area contributed by atoms with E-state index in [2.05, 4.69) is 28.5 Å². The molecule has 20 heavy (non-hydrogen) atoms. The molecule has 2 heterocycles. The summed E-state index contributed by atoms with van der Waals surface area (Å²) in [7, 11) is 0. The number of fused-ring (bicyclic) bond motifs is 1. The SMILES string of the molecule is Cc1ccc2c(C)c(C(=O)NCC3CCCO3)[nH]c2c1. The van der Waals surface area contributed by atoms with Crippen molar-refractivity contribution < 1.29 is 9.53 Å². The van der Waals surface area contributed by atoms with Gasteiger partial charge in [-0.25, -0.2) is 0 Å². The molecule has 0 radical (unpaired) electrons. The Bertz CT molecular complexity index is 639. The van der Waals surface area contributed by atoms with Crippen molar-refractivity contribution in [3.05, 3.63) is 35.0 Å². The van der Waals surface area contributed by atoms with E-state index in [9.17, 15) is 4.79 Å². The highest BCUT2D eigenvalue weighted by Gasteiger charge is 2.19. The maximum atomic E-state index is 12.3. The number of hydrogen-bond acceptors (Lipinski definition) is 2. The van der Waals surface area contributed by atoms with Gasteiger partial charge in [0.25, 0.3) is 5.91 Å². The van der Waals surface area contributed by atoms with Crippen LogP contribution in [0.1, 0.15) is 34.5 Å². The quantitative estimate of drug-likeness (QED) is 0.902. The lowest BCUT2D eigenvalue weighted by Gasteiger charge is -2.10. The molecule has 0 aliphatic carbocycles. The lowest BCUT2D eigenvalue weighted by atomic mass is 10.1. The first-order chi connectivity index (χ1) is 9.65. The van der Waals surface area contributed by atoms with Gasteiger partial charge in [-0.2, -0.15) is 0 Å². The third-order valence-electron chi connectivity index (χ3n) is 3.96. The summed E-state index contributed by atoms with van der Waals surface area (Å²) < 4.78 is 5.52. The number of ether oxygens (including phenoxy) is 1. The van der Waals surface area contributed by atoms with E-state index in [1.807, 2.05) is 13.8 Å². The van der Waals surface area contributed by atoms with Crippen molar-refractivity contribution in [3.8, 4) is 0 Å². The summed E-state index contributed by atoms with van der Waals surface area (Å²) in [5.41, 5.74) is 3.86. The highest BCUT2D eigenvalue weighted by molar-refractivity contribution is 6.00. The Hall–Kier alpha value is -1.81. The fourth-order valence-corrected chi connectivity index (χ4v) is 2.78. The fraction of sp³-hybridized carbons (Fsp3) is 0.438. The zero-order chi connectivity index (χ0) is 14.1. The van der Waals surface area contributed by atoms with Crippen LogP contribution in [0.15, 0.2) is 18.2 Å². The zero-order valence-electron chi connectivity index (χ0n) is 12.0. The van der Waals surface area contributed by atoms with Gasteiger partial charge in [0.1, 0.15) is 5.69 Å². The van der Waals surface area contributed by atoms with Crippen LogP contribution in [0.2, 0.25) is 0 Å². The molecule has 1 aromatic carbocycles. The maximum absolute atomic E-state index is 12.3. The topological polar surface area (TPSA) is 54.1 Å². The molecule has 1 atom stereocenters. The van der Waals surface area contributed by atoms with Crippen molar-refractivity contribution in [1.82, 2.24) is 10.3 Å². The highest BCUT2D eigenvalue weighted by atomic mass is 16.5. The van der Waals surface area contributed by atoms with Crippen molar-refractivity contribution in [2.75, 3.05) is 13.2 Å². The molecular formula is C16H20N2O2. The number of carbonyl (C=O) groups is 1. The number of rotatable bonds is 3. The number of H-pyrrole nitrogens is 1. The lowest BCUT2D eigenvalue weighted by molar-refractivity contribution is 0.0854. The summed E-state index contributed by atoms with van der Waals surface area (Å²) in [5.74, 6) is -0.0492. The average Bonchev–Trinajstić information content (AvgIpc) is 3.04. The van der Waals surface area contributed by atoms with Gasteiger partial charge in [-0.05, 0) is 43.9 Å². The Kier molecular flexibility index (Phi) is 3.49. The Morgan fingerprint density at radius 3 is 3.05 bits per heavy atom. The molecule has 0 spiro atoms. The predicted molar refractivity (Wildman–Crippen MR) is 79.1 cm³/mol. The van der Waals surface area contributed by atoms with Gasteiger partial charge in [0.05, 0.1) is 6.10 Å². The van der Waals surface area contributed by atoms with E-state index in [0.717, 1.165) is 35.9 Å². The minimum Gasteiger partial charge on any atom is -0.376 e. The summed E-state index contributed by atoms with van der Waals surface area (Å²) in [5, 5.41) is 4.07. The van der Waals surface area contributed by atoms with Crippen LogP contribution in [-0.2, 0) is 4.74 Å². The minimum atomic E-state index is -0.0492. The summed E-state index contributed by atoms with van der Waals surface area (Å²) in [6.07, 6.45) is 2.29. The van der Waals surface area contributed by atoms with Crippen molar-refractivity contribution >= 4 is 16.8 Å². The number of aryl methyl sites for hydroxylation is 2. The normalized spacial score (nSPS) is 18.6. The summed E-state index contributed by atoms with van der Waals surface area (Å²) in [6.45, 7) is 5.43. The lowest BCUT2D eigenvalue weighted by Crippen LogP contribution is -2.32. The third kappa shape index (κ3) is 2.43. The average molecular weight is 272 g/mol. The fourth-order valence-electron chi connectivity index (χ4n) is 2.78. The molecule has 1 amide bonds. The molecule has 4 heteroatoms. The molecule has 1 aromatic heterocycles. The van der Waals surface area contributed by atoms with Crippen molar-refractivity contribution in [2.24, 2.45) is 0 Å². The van der Waals surface area contributed by atoms with Gasteiger partial charge in [-0.15, -0.1) is 0 Å². The van der Waals surface area contributed by atoms with Crippen LogP contribution < -0.4 is 5.32 Å². The van der Waals surface area contributed by atoms with Crippen LogP contribution in [0.3, 0.4) is 0 Å². The number of hydrogen-bond donors (Lipinski definition) is 2. The maximum Gasteiger partial charge on any atom is 0.268 e. The van der Waals surface area contributed by atoms with Crippen LogP contribution in [-0.4, -0.2) is 30.1 Å². The molecule has 1 unspecified atom stereocenters. The highest BCUT2D eigenvalue weighted by Crippen LogP contribution is 2.22. The van der Waals surface area contributed by atoms with E-state index in [1.54, 1.807) is 0 Å². The molecule has 4 nitrogen and oxygen atoms in total. The van der Waals surface area contributed by atoms with Crippen LogP contribution in [0.5, 0.6) is 0 Å². The van der Waals surface area contributed by atoms with Crippen LogP contribution in [0.25, 0.3) is 10.9 Å². The molecule has 106 valence electrons. The van der Waals surface area contributed by atoms with E-state index in [4.69, 9.17) is 4.74 Å². The second-order valence-corrected chi connectivity index (χ2v) is 5.52. The van der Waals surface area contributed by atoms with Crippen LogP contribution in [0.4, 0.5) is 0 Å². The van der Waals surface area contributed by atoms with Crippen molar-refractivity contribution in [2.45, 2.75) is 32.8 Å². The summed E-state index contributed by atoms with van der Waals surface area (Å²) in [4.78, 5) is 15.5. The number of carbonyl (C=O) groups excluding carboxylic acids is 1. The van der Waals surface area contributed by atoms with Crippen LogP contribution in [0, 0.1) is 13.8 Å². The Morgan fingerprint density at radius 1 is 1.45 bits per heavy atom. The number of nitrogens with one attached hydrogen (secondary N) is 2. The molecule has 1 saturated heterocycles. The van der Waals surface area contributed by atoms with Gasteiger partial charge < -0.3 is 15.0 Å². The van der Waals surface area contributed by atoms with Gasteiger partial charge in [-0.3, -0.25) is 4.79 Å². The molecule has 0 bridgehead atoms. The molecule has 1 fully saturated rings. The second-order valence-electron chi connectivity index (χ2n) is 5.52. The first-order valence-electron chi connectivity index (χ1n) is 7.14. The molecule has 1 aliphatic heterocycles. The summed E-state index contributed by atoms with van der Waals surface area (Å²) in [6, 6.07) is 6.20. The van der Waals surface area contributed by atoms with E-state index >= 15 is 0 Å². The Labute approximate surface area is 118 Å². The first-order valence-corrected chi connectivity index (χ1v) is 7.14. The number of benzene rings is 1. The zero-order valence-corrected chi connectivity index (χ0v) is 12.0. The molecular weight excluding hydrogens is 252 g/mol. The van der Waals surface area contributed by atoms with E-state index in [1.165, 1.54) is 5.56 Å². The van der Waals surface area contributed by atoms with E-state index < -0.39 is 0 Å².